The highest BCUT2D eigenvalue weighted by molar-refractivity contribution is 7.91. The van der Waals surface area contributed by atoms with Crippen molar-refractivity contribution in [1.82, 2.24) is 15.3 Å². The first-order chi connectivity index (χ1) is 14.4. The first kappa shape index (κ1) is 23.6. The first-order valence-corrected chi connectivity index (χ1v) is 11.7. The van der Waals surface area contributed by atoms with Gasteiger partial charge in [-0.1, -0.05) is 23.2 Å². The number of anilines is 2. The molecule has 2 heterocycles. The van der Waals surface area contributed by atoms with Crippen molar-refractivity contribution in [3.8, 4) is 0 Å². The lowest BCUT2D eigenvalue weighted by molar-refractivity contribution is -0.141. The van der Waals surface area contributed by atoms with Crippen molar-refractivity contribution < 1.29 is 26.4 Å². The van der Waals surface area contributed by atoms with Crippen LogP contribution in [-0.4, -0.2) is 42.3 Å². The van der Waals surface area contributed by atoms with Crippen LogP contribution in [0.2, 0.25) is 10.0 Å². The number of alkyl halides is 3. The van der Waals surface area contributed by atoms with E-state index in [1.54, 1.807) is 0 Å². The van der Waals surface area contributed by atoms with Crippen LogP contribution in [0.4, 0.5) is 24.8 Å². The number of rotatable bonds is 5. The highest BCUT2D eigenvalue weighted by Gasteiger charge is 2.38. The zero-order chi connectivity index (χ0) is 22.8. The molecule has 168 valence electrons. The third-order valence-corrected chi connectivity index (χ3v) is 6.97. The number of carbonyl (C=O) groups excluding carboxylic acids is 1. The molecule has 0 bridgehead atoms. The van der Waals surface area contributed by atoms with Crippen molar-refractivity contribution in [2.45, 2.75) is 19.0 Å². The standard InChI is InChI=1S/C18H17Cl2F3N4O3S/c19-11-1-2-14(13(20)7-11)26-17-25-9-12(15(27-17)18(21,22)23)16(28)24-8-10-3-5-31(29,30)6-4-10/h1-2,7,9-10H,3-6,8H2,(H,24,28)(H,25,26,27). The summed E-state index contributed by atoms with van der Waals surface area (Å²) >= 11 is 11.8. The van der Waals surface area contributed by atoms with Gasteiger partial charge in [0.1, 0.15) is 9.84 Å². The van der Waals surface area contributed by atoms with Crippen LogP contribution >= 0.6 is 23.2 Å². The Morgan fingerprint density at radius 3 is 2.48 bits per heavy atom. The van der Waals surface area contributed by atoms with Gasteiger partial charge in [-0.25, -0.2) is 18.4 Å². The van der Waals surface area contributed by atoms with Crippen LogP contribution in [0.5, 0.6) is 0 Å². The average molecular weight is 497 g/mol. The molecular weight excluding hydrogens is 480 g/mol. The van der Waals surface area contributed by atoms with E-state index in [0.29, 0.717) is 17.9 Å². The average Bonchev–Trinajstić information content (AvgIpc) is 2.68. The molecule has 1 aromatic carbocycles. The van der Waals surface area contributed by atoms with Crippen LogP contribution in [0.15, 0.2) is 24.4 Å². The molecule has 3 rings (SSSR count). The highest BCUT2D eigenvalue weighted by atomic mass is 35.5. The van der Waals surface area contributed by atoms with Crippen LogP contribution in [0.25, 0.3) is 0 Å². The molecule has 13 heteroatoms. The minimum atomic E-state index is -4.91. The van der Waals surface area contributed by atoms with E-state index < -0.39 is 39.1 Å². The molecule has 1 fully saturated rings. The summed E-state index contributed by atoms with van der Waals surface area (Å²) in [4.78, 5) is 19.6. The van der Waals surface area contributed by atoms with E-state index in [0.717, 1.165) is 6.20 Å². The summed E-state index contributed by atoms with van der Waals surface area (Å²) < 4.78 is 63.5. The zero-order valence-corrected chi connectivity index (χ0v) is 18.2. The molecular formula is C18H17Cl2F3N4O3S. The Labute approximate surface area is 186 Å². The Morgan fingerprint density at radius 2 is 1.87 bits per heavy atom. The zero-order valence-electron chi connectivity index (χ0n) is 15.8. The normalized spacial score (nSPS) is 16.7. The maximum absolute atomic E-state index is 13.5. The first-order valence-electron chi connectivity index (χ1n) is 9.09. The second-order valence-electron chi connectivity index (χ2n) is 7.01. The van der Waals surface area contributed by atoms with Crippen LogP contribution in [0, 0.1) is 5.92 Å². The van der Waals surface area contributed by atoms with Crippen LogP contribution in [0.3, 0.4) is 0 Å². The van der Waals surface area contributed by atoms with Gasteiger partial charge in [0.2, 0.25) is 5.95 Å². The molecule has 31 heavy (non-hydrogen) atoms. The van der Waals surface area contributed by atoms with Crippen molar-refractivity contribution in [3.63, 3.8) is 0 Å². The molecule has 0 aliphatic carbocycles. The van der Waals surface area contributed by atoms with Crippen LogP contribution in [-0.2, 0) is 16.0 Å². The topological polar surface area (TPSA) is 101 Å². The minimum Gasteiger partial charge on any atom is -0.352 e. The van der Waals surface area contributed by atoms with Crippen LogP contribution in [0.1, 0.15) is 28.9 Å². The smallest absolute Gasteiger partial charge is 0.352 e. The number of hydrogen-bond donors (Lipinski definition) is 2. The lowest BCUT2D eigenvalue weighted by Gasteiger charge is -2.22. The number of nitrogens with one attached hydrogen (secondary N) is 2. The fourth-order valence-electron chi connectivity index (χ4n) is 3.01. The summed E-state index contributed by atoms with van der Waals surface area (Å²) in [6.45, 7) is 0.0615. The molecule has 1 aromatic heterocycles. The van der Waals surface area contributed by atoms with Gasteiger partial charge in [0, 0.05) is 17.8 Å². The molecule has 2 aromatic rings. The molecule has 7 nitrogen and oxygen atoms in total. The molecule has 1 aliphatic heterocycles. The summed E-state index contributed by atoms with van der Waals surface area (Å²) in [6, 6.07) is 4.33. The van der Waals surface area contributed by atoms with Crippen molar-refractivity contribution in [2.24, 2.45) is 5.92 Å². The second kappa shape index (κ2) is 9.17. The Balaban J connectivity index is 1.76. The largest absolute Gasteiger partial charge is 0.434 e. The molecule has 2 N–H and O–H groups in total. The van der Waals surface area contributed by atoms with Crippen LogP contribution < -0.4 is 10.6 Å². The summed E-state index contributed by atoms with van der Waals surface area (Å²) in [5.74, 6) is -1.52. The van der Waals surface area contributed by atoms with E-state index in [1.807, 2.05) is 0 Å². The van der Waals surface area contributed by atoms with E-state index in [1.165, 1.54) is 18.2 Å². The maximum atomic E-state index is 13.5. The second-order valence-corrected chi connectivity index (χ2v) is 10.2. The number of nitrogens with zero attached hydrogens (tertiary/aromatic N) is 2. The summed E-state index contributed by atoms with van der Waals surface area (Å²) in [5, 5.41) is 5.49. The van der Waals surface area contributed by atoms with Crippen molar-refractivity contribution in [2.75, 3.05) is 23.4 Å². The fraction of sp³-hybridized carbons (Fsp3) is 0.389. The van der Waals surface area contributed by atoms with Crippen molar-refractivity contribution in [1.29, 1.82) is 0 Å². The lowest BCUT2D eigenvalue weighted by atomic mass is 10.0. The molecule has 0 unspecified atom stereocenters. The molecule has 0 spiro atoms. The molecule has 0 saturated carbocycles. The van der Waals surface area contributed by atoms with Gasteiger partial charge in [0.25, 0.3) is 5.91 Å². The Bertz CT molecular complexity index is 1080. The lowest BCUT2D eigenvalue weighted by Crippen LogP contribution is -2.35. The molecule has 1 amide bonds. The van der Waals surface area contributed by atoms with E-state index in [2.05, 4.69) is 20.6 Å². The van der Waals surface area contributed by atoms with Crippen molar-refractivity contribution in [3.05, 3.63) is 45.7 Å². The van der Waals surface area contributed by atoms with Crippen molar-refractivity contribution >= 4 is 50.6 Å². The van der Waals surface area contributed by atoms with E-state index in [4.69, 9.17) is 23.2 Å². The Kier molecular flexibility index (Phi) is 6.97. The minimum absolute atomic E-state index is 0.00191. The van der Waals surface area contributed by atoms with Gasteiger partial charge in [0.15, 0.2) is 5.69 Å². The highest BCUT2D eigenvalue weighted by Crippen LogP contribution is 2.32. The van der Waals surface area contributed by atoms with Gasteiger partial charge in [-0.2, -0.15) is 13.2 Å². The predicted octanol–water partition coefficient (Wildman–Crippen LogP) is 4.10. The van der Waals surface area contributed by atoms with E-state index >= 15 is 0 Å². The number of halogens is 5. The molecule has 1 saturated heterocycles. The predicted molar refractivity (Wildman–Crippen MR) is 110 cm³/mol. The molecule has 0 radical (unpaired) electrons. The number of sulfone groups is 1. The van der Waals surface area contributed by atoms with Gasteiger partial charge >= 0.3 is 6.18 Å². The number of amides is 1. The van der Waals surface area contributed by atoms with E-state index in [-0.39, 0.29) is 34.7 Å². The van der Waals surface area contributed by atoms with Gasteiger partial charge in [-0.3, -0.25) is 4.79 Å². The van der Waals surface area contributed by atoms with Gasteiger partial charge in [-0.05, 0) is 37.0 Å². The number of hydrogen-bond acceptors (Lipinski definition) is 6. The molecule has 0 atom stereocenters. The SMILES string of the molecule is O=C(NCC1CCS(=O)(=O)CC1)c1cnc(Nc2ccc(Cl)cc2Cl)nc1C(F)(F)F. The maximum Gasteiger partial charge on any atom is 0.434 e. The monoisotopic (exact) mass is 496 g/mol. The van der Waals surface area contributed by atoms with Gasteiger partial charge in [-0.15, -0.1) is 0 Å². The number of carbonyl (C=O) groups is 1. The van der Waals surface area contributed by atoms with E-state index in [9.17, 15) is 26.4 Å². The quantitative estimate of drug-likeness (QED) is 0.645. The summed E-state index contributed by atoms with van der Waals surface area (Å²) in [7, 11) is -3.07. The number of benzene rings is 1. The number of aromatic nitrogens is 2. The Morgan fingerprint density at radius 1 is 1.19 bits per heavy atom. The third-order valence-electron chi connectivity index (χ3n) is 4.71. The fourth-order valence-corrected chi connectivity index (χ4v) is 5.06. The summed E-state index contributed by atoms with van der Waals surface area (Å²) in [6.07, 6.45) is -3.44. The third kappa shape index (κ3) is 6.20. The Hall–Kier alpha value is -2.11. The van der Waals surface area contributed by atoms with Gasteiger partial charge in [0.05, 0.1) is 27.8 Å². The summed E-state index contributed by atoms with van der Waals surface area (Å²) in [5.41, 5.74) is -1.90. The van der Waals surface area contributed by atoms with Gasteiger partial charge < -0.3 is 10.6 Å². The molecule has 1 aliphatic rings.